The van der Waals surface area contributed by atoms with Crippen LogP contribution in [0.2, 0.25) is 0 Å². The molecule has 0 unspecified atom stereocenters. The summed E-state index contributed by atoms with van der Waals surface area (Å²) in [4.78, 5) is 30.2. The number of nitriles is 1. The Bertz CT molecular complexity index is 1560. The van der Waals surface area contributed by atoms with Gasteiger partial charge in [-0.1, -0.05) is 26.7 Å². The number of aromatic nitrogens is 5. The van der Waals surface area contributed by atoms with Gasteiger partial charge in [-0.3, -0.25) is 18.7 Å². The van der Waals surface area contributed by atoms with E-state index in [9.17, 15) is 18.0 Å². The number of anilines is 2. The monoisotopic (exact) mass is 584 g/mol. The van der Waals surface area contributed by atoms with Gasteiger partial charge >= 0.3 is 6.18 Å². The van der Waals surface area contributed by atoms with Gasteiger partial charge in [0.2, 0.25) is 0 Å². The van der Waals surface area contributed by atoms with Crippen molar-refractivity contribution in [3.8, 4) is 17.3 Å². The summed E-state index contributed by atoms with van der Waals surface area (Å²) in [7, 11) is 1.31. The van der Waals surface area contributed by atoms with Crippen LogP contribution >= 0.6 is 0 Å². The van der Waals surface area contributed by atoms with Gasteiger partial charge in [-0.25, -0.2) is 9.97 Å². The molecule has 1 aromatic carbocycles. The first kappa shape index (κ1) is 31.6. The van der Waals surface area contributed by atoms with Crippen molar-refractivity contribution >= 4 is 29.5 Å². The minimum Gasteiger partial charge on any atom is -0.471 e. The maximum atomic E-state index is 13.7. The minimum atomic E-state index is -4.71. The van der Waals surface area contributed by atoms with Gasteiger partial charge in [0.15, 0.2) is 17.2 Å². The fourth-order valence-corrected chi connectivity index (χ4v) is 4.17. The van der Waals surface area contributed by atoms with E-state index >= 15 is 0 Å². The highest BCUT2D eigenvalue weighted by Gasteiger charge is 2.38. The van der Waals surface area contributed by atoms with E-state index in [2.05, 4.69) is 37.4 Å². The molecule has 3 heterocycles. The minimum absolute atomic E-state index is 0.125. The second-order valence-electron chi connectivity index (χ2n) is 9.00. The predicted molar refractivity (Wildman–Crippen MR) is 149 cm³/mol. The van der Waals surface area contributed by atoms with Crippen molar-refractivity contribution in [2.24, 2.45) is 0 Å². The molecule has 0 spiro atoms. The number of alkyl halides is 3. The third kappa shape index (κ3) is 7.62. The van der Waals surface area contributed by atoms with Gasteiger partial charge in [0.1, 0.15) is 6.54 Å². The quantitative estimate of drug-likeness (QED) is 0.182. The maximum Gasteiger partial charge on any atom is 0.435 e. The number of nitrogens with one attached hydrogen (secondary N) is 2. The lowest BCUT2D eigenvalue weighted by Gasteiger charge is -2.13. The number of carbonyl (C=O) groups is 2. The van der Waals surface area contributed by atoms with Crippen LogP contribution in [-0.2, 0) is 28.7 Å². The van der Waals surface area contributed by atoms with Crippen molar-refractivity contribution in [2.75, 3.05) is 19.0 Å². The Balaban J connectivity index is 0.00000114. The molecule has 4 aromatic rings. The molecule has 0 saturated heterocycles. The summed E-state index contributed by atoms with van der Waals surface area (Å²) in [5.74, 6) is 0.204. The van der Waals surface area contributed by atoms with Gasteiger partial charge in [0, 0.05) is 36.4 Å². The summed E-state index contributed by atoms with van der Waals surface area (Å²) >= 11 is 0. The number of nitrogens with zero attached hydrogens (tertiary/aromatic N) is 6. The van der Waals surface area contributed by atoms with Crippen LogP contribution in [0.25, 0.3) is 16.9 Å². The molecule has 11 nitrogen and oxygen atoms in total. The van der Waals surface area contributed by atoms with Crippen LogP contribution in [-0.4, -0.2) is 50.2 Å². The molecule has 14 heteroatoms. The zero-order valence-electron chi connectivity index (χ0n) is 23.4. The summed E-state index contributed by atoms with van der Waals surface area (Å²) in [6.45, 7) is 4.74. The number of rotatable bonds is 11. The van der Waals surface area contributed by atoms with Gasteiger partial charge in [-0.2, -0.15) is 23.5 Å². The molecule has 0 saturated carbocycles. The molecule has 222 valence electrons. The van der Waals surface area contributed by atoms with Crippen LogP contribution in [0.15, 0.2) is 43.0 Å². The van der Waals surface area contributed by atoms with E-state index in [-0.39, 0.29) is 23.7 Å². The number of imidazole rings is 1. The molecule has 1 amide bonds. The smallest absolute Gasteiger partial charge is 0.435 e. The normalized spacial score (nSPS) is 10.9. The number of hydrogen-bond donors (Lipinski definition) is 2. The third-order valence-corrected chi connectivity index (χ3v) is 6.12. The Labute approximate surface area is 240 Å². The standard InChI is InChI=1S/C26H27F3N8O.C2H4O2/c1-3-5-6-10-32-25(38)19-8-7-18(14-17(19)4-2)34-23-24-33-15-21(37(24)13-11-31-23)20-16-36(12-9-30)35-22(20)26(27,28)29;1-4-2-3/h7-8,11,13-16H,3-6,10,12H2,1-2H3,(H,31,34)(H,32,38);2H,1H3. The fraction of sp³-hybridized carbons (Fsp3) is 0.357. The average Bonchev–Trinajstić information content (AvgIpc) is 3.60. The van der Waals surface area contributed by atoms with E-state index in [4.69, 9.17) is 10.1 Å². The van der Waals surface area contributed by atoms with Crippen LogP contribution in [0.5, 0.6) is 0 Å². The zero-order valence-corrected chi connectivity index (χ0v) is 23.4. The molecule has 42 heavy (non-hydrogen) atoms. The molecule has 4 rings (SSSR count). The van der Waals surface area contributed by atoms with E-state index in [0.29, 0.717) is 42.2 Å². The van der Waals surface area contributed by atoms with Gasteiger partial charge in [0.05, 0.1) is 30.6 Å². The predicted octanol–water partition coefficient (Wildman–Crippen LogP) is 5.15. The Morgan fingerprint density at radius 3 is 2.62 bits per heavy atom. The number of aryl methyl sites for hydroxylation is 1. The highest BCUT2D eigenvalue weighted by Crippen LogP contribution is 2.37. The summed E-state index contributed by atoms with van der Waals surface area (Å²) in [6.07, 6.45) is 4.42. The number of benzene rings is 1. The molecule has 0 aliphatic heterocycles. The van der Waals surface area contributed by atoms with E-state index in [1.165, 1.54) is 36.3 Å². The van der Waals surface area contributed by atoms with Crippen molar-refractivity contribution in [1.29, 1.82) is 5.26 Å². The molecule has 3 aromatic heterocycles. The molecule has 2 N–H and O–H groups in total. The maximum absolute atomic E-state index is 13.7. The molecule has 0 bridgehead atoms. The lowest BCUT2D eigenvalue weighted by Crippen LogP contribution is -2.25. The molecular weight excluding hydrogens is 553 g/mol. The topological polar surface area (TPSA) is 139 Å². The van der Waals surface area contributed by atoms with E-state index in [1.54, 1.807) is 18.2 Å². The number of methoxy groups -OCH3 is 1. The fourth-order valence-electron chi connectivity index (χ4n) is 4.17. The number of carbonyl (C=O) groups excluding carboxylic acids is 2. The number of amides is 1. The molecule has 0 aliphatic carbocycles. The number of unbranched alkanes of at least 4 members (excludes halogenated alkanes) is 2. The SMILES string of the molecule is CCCCCNC(=O)c1ccc(Nc2nccn3c(-c4cn(CC#N)nc4C(F)(F)F)cnc23)cc1CC.COC=O. The summed E-state index contributed by atoms with van der Waals surface area (Å²) < 4.78 is 47.3. The number of ether oxygens (including phenoxy) is 1. The molecular formula is C28H31F3N8O3. The summed E-state index contributed by atoms with van der Waals surface area (Å²) in [5.41, 5.74) is 1.27. The third-order valence-electron chi connectivity index (χ3n) is 6.12. The first-order chi connectivity index (χ1) is 20.2. The van der Waals surface area contributed by atoms with Crippen molar-refractivity contribution in [3.05, 3.63) is 59.8 Å². The van der Waals surface area contributed by atoms with Crippen LogP contribution in [0.1, 0.15) is 54.7 Å². The zero-order chi connectivity index (χ0) is 30.7. The Morgan fingerprint density at radius 1 is 1.21 bits per heavy atom. The molecule has 0 atom stereocenters. The largest absolute Gasteiger partial charge is 0.471 e. The Kier molecular flexibility index (Phi) is 11.0. The average molecular weight is 585 g/mol. The van der Waals surface area contributed by atoms with Gasteiger partial charge < -0.3 is 15.4 Å². The molecule has 0 aliphatic rings. The van der Waals surface area contributed by atoms with Crippen LogP contribution < -0.4 is 10.6 Å². The van der Waals surface area contributed by atoms with Crippen molar-refractivity contribution < 1.29 is 27.5 Å². The van der Waals surface area contributed by atoms with Crippen molar-refractivity contribution in [2.45, 2.75) is 52.3 Å². The van der Waals surface area contributed by atoms with Gasteiger partial charge in [0.25, 0.3) is 12.4 Å². The number of hydrogen-bond acceptors (Lipinski definition) is 8. The highest BCUT2D eigenvalue weighted by molar-refractivity contribution is 5.96. The number of fused-ring (bicyclic) bond motifs is 1. The van der Waals surface area contributed by atoms with Crippen molar-refractivity contribution in [1.82, 2.24) is 29.5 Å². The molecule has 0 radical (unpaired) electrons. The summed E-state index contributed by atoms with van der Waals surface area (Å²) in [6, 6.07) is 7.14. The lowest BCUT2D eigenvalue weighted by atomic mass is 10.0. The van der Waals surface area contributed by atoms with E-state index in [0.717, 1.165) is 29.5 Å². The second-order valence-corrected chi connectivity index (χ2v) is 9.00. The highest BCUT2D eigenvalue weighted by atomic mass is 19.4. The first-order valence-electron chi connectivity index (χ1n) is 13.2. The van der Waals surface area contributed by atoms with Gasteiger partial charge in [-0.05, 0) is 36.6 Å². The summed E-state index contributed by atoms with van der Waals surface area (Å²) in [5, 5.41) is 18.6. The van der Waals surface area contributed by atoms with E-state index < -0.39 is 11.9 Å². The Hall–Kier alpha value is -4.93. The second kappa shape index (κ2) is 14.6. The number of halogens is 3. The Morgan fingerprint density at radius 2 is 1.98 bits per heavy atom. The molecule has 0 fully saturated rings. The van der Waals surface area contributed by atoms with Gasteiger partial charge in [-0.15, -0.1) is 0 Å². The van der Waals surface area contributed by atoms with Crippen LogP contribution in [0, 0.1) is 11.3 Å². The van der Waals surface area contributed by atoms with Crippen LogP contribution in [0.3, 0.4) is 0 Å². The first-order valence-corrected chi connectivity index (χ1v) is 13.2. The lowest BCUT2D eigenvalue weighted by molar-refractivity contribution is -0.141. The van der Waals surface area contributed by atoms with E-state index in [1.807, 2.05) is 13.0 Å². The van der Waals surface area contributed by atoms with Crippen LogP contribution in [0.4, 0.5) is 24.7 Å². The van der Waals surface area contributed by atoms with Crippen molar-refractivity contribution in [3.63, 3.8) is 0 Å².